The molecular weight excluding hydrogens is 370 g/mol. The van der Waals surface area contributed by atoms with Crippen molar-refractivity contribution in [1.82, 2.24) is 15.0 Å². The lowest BCUT2D eigenvalue weighted by Crippen LogP contribution is -2.28. The third-order valence-electron chi connectivity index (χ3n) is 4.24. The first-order valence-corrected chi connectivity index (χ1v) is 9.70. The molecular formula is C22H27N3O4. The molecule has 2 aromatic heterocycles. The fraction of sp³-hybridized carbons (Fsp3) is 0.409. The molecule has 154 valence electrons. The Labute approximate surface area is 169 Å². The minimum atomic E-state index is -0.847. The first kappa shape index (κ1) is 20.6. The molecule has 2 heterocycles. The van der Waals surface area contributed by atoms with E-state index in [1.807, 2.05) is 44.3 Å². The van der Waals surface area contributed by atoms with Crippen LogP contribution in [0.15, 0.2) is 35.3 Å². The zero-order chi connectivity index (χ0) is 21.2. The van der Waals surface area contributed by atoms with Crippen LogP contribution in [0.3, 0.4) is 0 Å². The van der Waals surface area contributed by atoms with Gasteiger partial charge in [0.2, 0.25) is 5.88 Å². The lowest BCUT2D eigenvalue weighted by atomic mass is 10.1. The van der Waals surface area contributed by atoms with Gasteiger partial charge in [0.25, 0.3) is 5.56 Å². The highest BCUT2D eigenvalue weighted by Gasteiger charge is 2.22. The van der Waals surface area contributed by atoms with Crippen molar-refractivity contribution in [1.29, 1.82) is 0 Å². The Morgan fingerprint density at radius 1 is 1.21 bits per heavy atom. The molecule has 0 radical (unpaired) electrons. The van der Waals surface area contributed by atoms with Crippen LogP contribution in [0.25, 0.3) is 10.9 Å². The maximum atomic E-state index is 12.7. The molecule has 3 aromatic rings. The number of fused-ring (bicyclic) bond motifs is 1. The van der Waals surface area contributed by atoms with Crippen LogP contribution in [0.5, 0.6) is 5.88 Å². The zero-order valence-electron chi connectivity index (χ0n) is 17.5. The number of aromatic amines is 2. The van der Waals surface area contributed by atoms with Crippen molar-refractivity contribution in [2.75, 3.05) is 0 Å². The number of nitrogens with zero attached hydrogens (tertiary/aromatic N) is 1. The van der Waals surface area contributed by atoms with Crippen LogP contribution in [-0.4, -0.2) is 26.7 Å². The van der Waals surface area contributed by atoms with Crippen molar-refractivity contribution in [3.8, 4) is 5.88 Å². The van der Waals surface area contributed by atoms with Gasteiger partial charge in [0.05, 0.1) is 5.69 Å². The molecule has 0 fully saturated rings. The molecule has 0 aliphatic heterocycles. The molecule has 29 heavy (non-hydrogen) atoms. The molecule has 0 amide bonds. The highest BCUT2D eigenvalue weighted by molar-refractivity contribution is 5.83. The molecule has 0 saturated heterocycles. The van der Waals surface area contributed by atoms with Crippen LogP contribution in [0, 0.1) is 5.92 Å². The highest BCUT2D eigenvalue weighted by Crippen LogP contribution is 2.22. The lowest BCUT2D eigenvalue weighted by Gasteiger charge is -2.19. The van der Waals surface area contributed by atoms with Crippen molar-refractivity contribution in [3.05, 3.63) is 57.8 Å². The van der Waals surface area contributed by atoms with Gasteiger partial charge in [-0.1, -0.05) is 32.0 Å². The maximum absolute atomic E-state index is 12.7. The molecule has 3 rings (SSSR count). The van der Waals surface area contributed by atoms with Gasteiger partial charge in [-0.2, -0.15) is 0 Å². The summed E-state index contributed by atoms with van der Waals surface area (Å²) >= 11 is 0. The Morgan fingerprint density at radius 2 is 1.93 bits per heavy atom. The summed E-state index contributed by atoms with van der Waals surface area (Å²) in [6, 6.07) is 7.85. The molecule has 0 bridgehead atoms. The van der Waals surface area contributed by atoms with Crippen LogP contribution in [0.1, 0.15) is 51.6 Å². The van der Waals surface area contributed by atoms with Gasteiger partial charge >= 0.3 is 6.16 Å². The third kappa shape index (κ3) is 5.25. The second-order valence-corrected chi connectivity index (χ2v) is 8.50. The summed E-state index contributed by atoms with van der Waals surface area (Å²) in [6.45, 7) is 9.29. The number of H-pyrrole nitrogens is 2. The summed E-state index contributed by atoms with van der Waals surface area (Å²) in [5.41, 5.74) is 1.71. The summed E-state index contributed by atoms with van der Waals surface area (Å²) in [5, 5.41) is 1.02. The number of nitrogens with one attached hydrogen (secondary N) is 2. The van der Waals surface area contributed by atoms with Gasteiger partial charge in [0, 0.05) is 23.5 Å². The van der Waals surface area contributed by atoms with E-state index in [2.05, 4.69) is 15.0 Å². The van der Waals surface area contributed by atoms with Gasteiger partial charge in [-0.05, 0) is 44.7 Å². The fourth-order valence-electron chi connectivity index (χ4n) is 3.06. The number of rotatable bonds is 5. The van der Waals surface area contributed by atoms with Gasteiger partial charge in [-0.25, -0.2) is 9.78 Å². The van der Waals surface area contributed by atoms with Crippen molar-refractivity contribution in [2.45, 2.75) is 53.1 Å². The van der Waals surface area contributed by atoms with Crippen molar-refractivity contribution in [3.63, 3.8) is 0 Å². The first-order valence-electron chi connectivity index (χ1n) is 9.70. The number of aromatic nitrogens is 3. The summed E-state index contributed by atoms with van der Waals surface area (Å²) in [6.07, 6.45) is 1.85. The quantitative estimate of drug-likeness (QED) is 0.624. The summed E-state index contributed by atoms with van der Waals surface area (Å²) in [4.78, 5) is 35.3. The van der Waals surface area contributed by atoms with Gasteiger partial charge in [0.1, 0.15) is 11.3 Å². The van der Waals surface area contributed by atoms with E-state index in [1.54, 1.807) is 20.8 Å². The van der Waals surface area contributed by atoms with Gasteiger partial charge in [-0.3, -0.25) is 4.79 Å². The molecule has 0 unspecified atom stereocenters. The van der Waals surface area contributed by atoms with Crippen molar-refractivity contribution < 1.29 is 14.3 Å². The van der Waals surface area contributed by atoms with E-state index in [0.29, 0.717) is 18.5 Å². The summed E-state index contributed by atoms with van der Waals surface area (Å²) < 4.78 is 10.6. The predicted octanol–water partition coefficient (Wildman–Crippen LogP) is 4.35. The third-order valence-corrected chi connectivity index (χ3v) is 4.24. The fourth-order valence-corrected chi connectivity index (χ4v) is 3.06. The minimum absolute atomic E-state index is 0.0855. The molecule has 0 aliphatic rings. The number of hydrogen-bond acceptors (Lipinski definition) is 5. The summed E-state index contributed by atoms with van der Waals surface area (Å²) in [7, 11) is 0. The molecule has 7 heteroatoms. The van der Waals surface area contributed by atoms with Gasteiger partial charge in [0.15, 0.2) is 0 Å². The molecule has 1 aromatic carbocycles. The Balaban J connectivity index is 1.95. The van der Waals surface area contributed by atoms with Crippen LogP contribution >= 0.6 is 0 Å². The second-order valence-electron chi connectivity index (χ2n) is 8.50. The Hall–Kier alpha value is -3.09. The average Bonchev–Trinajstić information content (AvgIpc) is 3.00. The Bertz CT molecular complexity index is 1070. The van der Waals surface area contributed by atoms with Gasteiger partial charge in [-0.15, -0.1) is 0 Å². The van der Waals surface area contributed by atoms with Crippen LogP contribution in [0.2, 0.25) is 0 Å². The smallest absolute Gasteiger partial charge is 0.428 e. The summed E-state index contributed by atoms with van der Waals surface area (Å²) in [5.74, 6) is 0.329. The number of benzene rings is 1. The standard InChI is InChI=1S/C22H27N3O4/c1-13(2)10-18-20(28-21(27)29-22(3,4)5)25-17(19(26)24-18)11-14-12-23-16-9-7-6-8-15(14)16/h6-9,12-13,23H,10-11H2,1-5H3,(H,24,26). The minimum Gasteiger partial charge on any atom is -0.428 e. The number of hydrogen-bond donors (Lipinski definition) is 2. The predicted molar refractivity (Wildman–Crippen MR) is 111 cm³/mol. The van der Waals surface area contributed by atoms with E-state index in [0.717, 1.165) is 16.5 Å². The monoisotopic (exact) mass is 397 g/mol. The van der Waals surface area contributed by atoms with E-state index < -0.39 is 11.8 Å². The highest BCUT2D eigenvalue weighted by atomic mass is 16.7. The number of para-hydroxylation sites is 1. The van der Waals surface area contributed by atoms with E-state index in [-0.39, 0.29) is 23.1 Å². The Kier molecular flexibility index (Phi) is 5.77. The number of ether oxygens (including phenoxy) is 2. The number of carbonyl (C=O) groups excluding carboxylic acids is 1. The van der Waals surface area contributed by atoms with Crippen LogP contribution < -0.4 is 10.3 Å². The molecule has 0 atom stereocenters. The van der Waals surface area contributed by atoms with E-state index in [4.69, 9.17) is 9.47 Å². The topological polar surface area (TPSA) is 97.1 Å². The van der Waals surface area contributed by atoms with Crippen LogP contribution in [-0.2, 0) is 17.6 Å². The maximum Gasteiger partial charge on any atom is 0.515 e. The van der Waals surface area contributed by atoms with Crippen molar-refractivity contribution >= 4 is 17.1 Å². The van der Waals surface area contributed by atoms with Crippen LogP contribution in [0.4, 0.5) is 4.79 Å². The van der Waals surface area contributed by atoms with Crippen molar-refractivity contribution in [2.24, 2.45) is 5.92 Å². The van der Waals surface area contributed by atoms with E-state index >= 15 is 0 Å². The Morgan fingerprint density at radius 3 is 2.62 bits per heavy atom. The number of carbonyl (C=O) groups is 1. The SMILES string of the molecule is CC(C)Cc1[nH]c(=O)c(Cc2c[nH]c3ccccc23)nc1OC(=O)OC(C)(C)C. The largest absolute Gasteiger partial charge is 0.515 e. The lowest BCUT2D eigenvalue weighted by molar-refractivity contribution is 0.0193. The molecule has 0 saturated carbocycles. The second kappa shape index (κ2) is 8.11. The zero-order valence-corrected chi connectivity index (χ0v) is 17.5. The van der Waals surface area contributed by atoms with E-state index in [9.17, 15) is 9.59 Å². The molecule has 0 spiro atoms. The first-order chi connectivity index (χ1) is 13.6. The normalized spacial score (nSPS) is 11.8. The molecule has 2 N–H and O–H groups in total. The van der Waals surface area contributed by atoms with Gasteiger partial charge < -0.3 is 19.4 Å². The van der Waals surface area contributed by atoms with E-state index in [1.165, 1.54) is 0 Å². The average molecular weight is 397 g/mol. The molecule has 7 nitrogen and oxygen atoms in total. The molecule has 0 aliphatic carbocycles.